The van der Waals surface area contributed by atoms with Gasteiger partial charge in [-0.1, -0.05) is 41.4 Å². The van der Waals surface area contributed by atoms with Crippen molar-refractivity contribution >= 4 is 40.8 Å². The van der Waals surface area contributed by atoms with Crippen LogP contribution in [0.5, 0.6) is 0 Å². The fourth-order valence-electron chi connectivity index (χ4n) is 2.38. The second-order valence-corrected chi connectivity index (χ2v) is 5.75. The van der Waals surface area contributed by atoms with E-state index in [1.165, 1.54) is 12.2 Å². The molecule has 2 aromatic rings. The van der Waals surface area contributed by atoms with E-state index in [1.807, 2.05) is 24.3 Å². The zero-order valence-corrected chi connectivity index (χ0v) is 14.2. The standard InChI is InChI=1S/C16H13Cl2N3O3/c1-23-21(14-9-24-16(22)20-14)13-5-3-2-4-11(13)6-10-7-12(17)15(18)19-8-10/h2-5,7-8H,6,9H2,1H3. The SMILES string of the molecule is CON(C1=NC(=O)OC1)c1ccccc1Cc1cnc(Cl)c(Cl)c1. The Bertz CT molecular complexity index is 811. The van der Waals surface area contributed by atoms with Gasteiger partial charge in [0.1, 0.15) is 5.15 Å². The van der Waals surface area contributed by atoms with Gasteiger partial charge in [0.15, 0.2) is 12.4 Å². The molecular weight excluding hydrogens is 353 g/mol. The van der Waals surface area contributed by atoms with Crippen LogP contribution in [0.15, 0.2) is 41.5 Å². The summed E-state index contributed by atoms with van der Waals surface area (Å²) in [7, 11) is 1.50. The zero-order valence-electron chi connectivity index (χ0n) is 12.7. The van der Waals surface area contributed by atoms with Crippen LogP contribution in [0.4, 0.5) is 10.5 Å². The van der Waals surface area contributed by atoms with Gasteiger partial charge in [-0.25, -0.2) is 14.8 Å². The lowest BCUT2D eigenvalue weighted by Gasteiger charge is -2.23. The van der Waals surface area contributed by atoms with Crippen LogP contribution in [-0.4, -0.2) is 30.6 Å². The number of amidine groups is 1. The van der Waals surface area contributed by atoms with Gasteiger partial charge in [-0.05, 0) is 23.3 Å². The molecule has 0 spiro atoms. The van der Waals surface area contributed by atoms with E-state index >= 15 is 0 Å². The zero-order chi connectivity index (χ0) is 17.1. The average Bonchev–Trinajstić information content (AvgIpc) is 2.99. The number of hydrogen-bond acceptors (Lipinski definition) is 5. The lowest BCUT2D eigenvalue weighted by atomic mass is 10.0. The maximum Gasteiger partial charge on any atom is 0.435 e. The maximum atomic E-state index is 11.2. The summed E-state index contributed by atoms with van der Waals surface area (Å²) in [5.74, 6) is 0.391. The highest BCUT2D eigenvalue weighted by atomic mass is 35.5. The molecule has 1 aliphatic rings. The van der Waals surface area contributed by atoms with Crippen LogP contribution >= 0.6 is 23.2 Å². The molecule has 8 heteroatoms. The Kier molecular flexibility index (Phi) is 4.99. The summed E-state index contributed by atoms with van der Waals surface area (Å²) in [5, 5.41) is 2.14. The van der Waals surface area contributed by atoms with Crippen molar-refractivity contribution in [2.45, 2.75) is 6.42 Å². The molecule has 0 saturated heterocycles. The molecule has 0 fully saturated rings. The van der Waals surface area contributed by atoms with Crippen LogP contribution in [0.2, 0.25) is 10.2 Å². The number of hydrogen-bond donors (Lipinski definition) is 0. The number of halogens is 2. The number of cyclic esters (lactones) is 1. The largest absolute Gasteiger partial charge is 0.440 e. The highest BCUT2D eigenvalue weighted by Gasteiger charge is 2.24. The Morgan fingerprint density at radius 2 is 2.12 bits per heavy atom. The third-order valence-electron chi connectivity index (χ3n) is 3.42. The minimum absolute atomic E-state index is 0.0648. The van der Waals surface area contributed by atoms with Crippen molar-refractivity contribution in [3.05, 3.63) is 57.8 Å². The molecule has 0 bridgehead atoms. The predicted molar refractivity (Wildman–Crippen MR) is 91.8 cm³/mol. The van der Waals surface area contributed by atoms with Crippen molar-refractivity contribution in [1.29, 1.82) is 0 Å². The first-order chi connectivity index (χ1) is 11.6. The van der Waals surface area contributed by atoms with E-state index in [4.69, 9.17) is 32.8 Å². The predicted octanol–water partition coefficient (Wildman–Crippen LogP) is 3.90. The minimum atomic E-state index is -0.627. The van der Waals surface area contributed by atoms with E-state index in [0.29, 0.717) is 17.3 Å². The number of pyridine rings is 1. The van der Waals surface area contributed by atoms with E-state index in [2.05, 4.69) is 9.98 Å². The molecule has 0 aliphatic carbocycles. The van der Waals surface area contributed by atoms with E-state index in [1.54, 1.807) is 12.3 Å². The molecule has 0 atom stereocenters. The molecule has 0 radical (unpaired) electrons. The van der Waals surface area contributed by atoms with Gasteiger partial charge in [-0.3, -0.25) is 4.84 Å². The van der Waals surface area contributed by atoms with Crippen molar-refractivity contribution < 1.29 is 14.4 Å². The van der Waals surface area contributed by atoms with Gasteiger partial charge in [-0.2, -0.15) is 4.99 Å². The summed E-state index contributed by atoms with van der Waals surface area (Å²) in [6.45, 7) is 0.0648. The normalized spacial score (nSPS) is 13.6. The Labute approximate surface area is 148 Å². The van der Waals surface area contributed by atoms with Gasteiger partial charge in [0.25, 0.3) is 0 Å². The maximum absolute atomic E-state index is 11.2. The smallest absolute Gasteiger partial charge is 0.435 e. The second kappa shape index (κ2) is 7.17. The number of aliphatic imine (C=N–C) groups is 1. The monoisotopic (exact) mass is 365 g/mol. The summed E-state index contributed by atoms with van der Waals surface area (Å²) in [6.07, 6.45) is 1.60. The minimum Gasteiger partial charge on any atom is -0.440 e. The molecule has 124 valence electrons. The lowest BCUT2D eigenvalue weighted by molar-refractivity contribution is 0.177. The molecule has 3 rings (SSSR count). The van der Waals surface area contributed by atoms with Gasteiger partial charge >= 0.3 is 6.09 Å². The molecule has 1 amide bonds. The molecule has 0 saturated carbocycles. The molecule has 24 heavy (non-hydrogen) atoms. The number of aromatic nitrogens is 1. The number of benzene rings is 1. The third kappa shape index (κ3) is 3.51. The summed E-state index contributed by atoms with van der Waals surface area (Å²) in [4.78, 5) is 24.5. The molecule has 2 heterocycles. The molecule has 0 N–H and O–H groups in total. The van der Waals surface area contributed by atoms with Crippen molar-refractivity contribution in [3.63, 3.8) is 0 Å². The van der Waals surface area contributed by atoms with Crippen LogP contribution in [-0.2, 0) is 16.0 Å². The van der Waals surface area contributed by atoms with Gasteiger partial charge in [0.05, 0.1) is 17.8 Å². The molecule has 0 unspecified atom stereocenters. The number of ether oxygens (including phenoxy) is 1. The summed E-state index contributed by atoms with van der Waals surface area (Å²) >= 11 is 11.9. The Morgan fingerprint density at radius 1 is 1.33 bits per heavy atom. The Hall–Kier alpha value is -2.15. The summed E-state index contributed by atoms with van der Waals surface area (Å²) in [5.41, 5.74) is 2.60. The van der Waals surface area contributed by atoms with E-state index in [-0.39, 0.29) is 11.8 Å². The lowest BCUT2D eigenvalue weighted by Crippen LogP contribution is -2.31. The second-order valence-electron chi connectivity index (χ2n) is 4.98. The highest BCUT2D eigenvalue weighted by molar-refractivity contribution is 6.41. The average molecular weight is 366 g/mol. The Morgan fingerprint density at radius 3 is 2.79 bits per heavy atom. The fourth-order valence-corrected chi connectivity index (χ4v) is 2.67. The van der Waals surface area contributed by atoms with Crippen molar-refractivity contribution in [3.8, 4) is 0 Å². The Balaban J connectivity index is 1.93. The molecule has 1 aromatic carbocycles. The van der Waals surface area contributed by atoms with Crippen LogP contribution in [0.25, 0.3) is 0 Å². The number of para-hydroxylation sites is 1. The van der Waals surface area contributed by atoms with Crippen LogP contribution in [0.3, 0.4) is 0 Å². The molecular formula is C16H13Cl2N3O3. The van der Waals surface area contributed by atoms with E-state index < -0.39 is 6.09 Å². The first-order valence-electron chi connectivity index (χ1n) is 7.05. The van der Waals surface area contributed by atoms with Crippen molar-refractivity contribution in [1.82, 2.24) is 4.98 Å². The van der Waals surface area contributed by atoms with Crippen LogP contribution < -0.4 is 5.06 Å². The van der Waals surface area contributed by atoms with Crippen molar-refractivity contribution in [2.75, 3.05) is 18.8 Å². The summed E-state index contributed by atoms with van der Waals surface area (Å²) < 4.78 is 4.85. The number of carbonyl (C=O) groups is 1. The number of hydroxylamine groups is 1. The summed E-state index contributed by atoms with van der Waals surface area (Å²) in [6, 6.07) is 9.37. The van der Waals surface area contributed by atoms with Gasteiger partial charge in [-0.15, -0.1) is 0 Å². The van der Waals surface area contributed by atoms with Crippen molar-refractivity contribution in [2.24, 2.45) is 4.99 Å². The number of anilines is 1. The fraction of sp³-hybridized carbons (Fsp3) is 0.188. The quantitative estimate of drug-likeness (QED) is 0.607. The first kappa shape index (κ1) is 16.7. The topological polar surface area (TPSA) is 64.0 Å². The molecule has 1 aliphatic heterocycles. The third-order valence-corrected chi connectivity index (χ3v) is 4.11. The molecule has 1 aromatic heterocycles. The van der Waals surface area contributed by atoms with Gasteiger partial charge < -0.3 is 4.74 Å². The first-order valence-corrected chi connectivity index (χ1v) is 7.80. The molecule has 6 nitrogen and oxygen atoms in total. The van der Waals surface area contributed by atoms with Crippen LogP contribution in [0, 0.1) is 0 Å². The number of rotatable bonds is 4. The van der Waals surface area contributed by atoms with Gasteiger partial charge in [0.2, 0.25) is 0 Å². The van der Waals surface area contributed by atoms with Crippen LogP contribution in [0.1, 0.15) is 11.1 Å². The van der Waals surface area contributed by atoms with E-state index in [9.17, 15) is 4.79 Å². The number of nitrogens with zero attached hydrogens (tertiary/aromatic N) is 3. The highest BCUT2D eigenvalue weighted by Crippen LogP contribution is 2.27. The van der Waals surface area contributed by atoms with E-state index in [0.717, 1.165) is 16.8 Å². The number of amides is 1. The van der Waals surface area contributed by atoms with Gasteiger partial charge in [0, 0.05) is 12.6 Å². The number of carbonyl (C=O) groups excluding carboxylic acids is 1.